The average Bonchev–Trinajstić information content (AvgIpc) is 2.41. The van der Waals surface area contributed by atoms with E-state index >= 15 is 0 Å². The van der Waals surface area contributed by atoms with Crippen LogP contribution in [0.3, 0.4) is 0 Å². The Morgan fingerprint density at radius 3 is 2.33 bits per heavy atom. The monoisotopic (exact) mass is 417 g/mol. The van der Waals surface area contributed by atoms with E-state index in [-0.39, 0.29) is 10.5 Å². The minimum Gasteiger partial charge on any atom is -0.478 e. The lowest BCUT2D eigenvalue weighted by atomic mass is 10.1. The number of nitrogens with one attached hydrogen (secondary N) is 1. The van der Waals surface area contributed by atoms with Crippen molar-refractivity contribution in [3.05, 3.63) is 57.2 Å². The van der Waals surface area contributed by atoms with Crippen LogP contribution in [0, 0.1) is 10.5 Å². The summed E-state index contributed by atoms with van der Waals surface area (Å²) in [5.74, 6) is -1.17. The van der Waals surface area contributed by atoms with Crippen molar-refractivity contribution >= 4 is 44.3 Å². The second kappa shape index (κ2) is 6.02. The highest BCUT2D eigenvalue weighted by Gasteiger charge is 2.19. The largest absolute Gasteiger partial charge is 0.478 e. The van der Waals surface area contributed by atoms with Crippen molar-refractivity contribution < 1.29 is 18.3 Å². The summed E-state index contributed by atoms with van der Waals surface area (Å²) in [5, 5.41) is 8.97. The summed E-state index contributed by atoms with van der Waals surface area (Å²) in [4.78, 5) is 10.9. The van der Waals surface area contributed by atoms with Gasteiger partial charge in [-0.05, 0) is 71.5 Å². The third-order valence-electron chi connectivity index (χ3n) is 2.82. The lowest BCUT2D eigenvalue weighted by Gasteiger charge is -2.11. The Labute approximate surface area is 136 Å². The molecule has 2 N–H and O–H groups in total. The molecule has 0 heterocycles. The predicted octanol–water partition coefficient (Wildman–Crippen LogP) is 3.10. The van der Waals surface area contributed by atoms with E-state index in [4.69, 9.17) is 5.11 Å². The van der Waals surface area contributed by atoms with Crippen LogP contribution in [-0.4, -0.2) is 19.5 Å². The Bertz CT molecular complexity index is 785. The van der Waals surface area contributed by atoms with Gasteiger partial charge in [0.1, 0.15) is 0 Å². The molecular weight excluding hydrogens is 405 g/mol. The number of aryl methyl sites for hydroxylation is 1. The normalized spacial score (nSPS) is 11.1. The quantitative estimate of drug-likeness (QED) is 0.750. The molecule has 110 valence electrons. The molecule has 7 heteroatoms. The zero-order chi connectivity index (χ0) is 15.6. The van der Waals surface area contributed by atoms with Gasteiger partial charge in [0.25, 0.3) is 10.0 Å². The molecule has 2 aromatic carbocycles. The first-order chi connectivity index (χ1) is 9.79. The molecule has 0 spiro atoms. The minimum absolute atomic E-state index is 0.0408. The molecule has 0 aliphatic rings. The van der Waals surface area contributed by atoms with Gasteiger partial charge in [-0.25, -0.2) is 13.2 Å². The highest BCUT2D eigenvalue weighted by atomic mass is 127. The van der Waals surface area contributed by atoms with Crippen LogP contribution >= 0.6 is 22.6 Å². The molecule has 21 heavy (non-hydrogen) atoms. The zero-order valence-corrected chi connectivity index (χ0v) is 14.0. The summed E-state index contributed by atoms with van der Waals surface area (Å²) < 4.78 is 28.2. The van der Waals surface area contributed by atoms with E-state index in [2.05, 4.69) is 27.3 Å². The third kappa shape index (κ3) is 3.73. The van der Waals surface area contributed by atoms with E-state index < -0.39 is 16.0 Å². The summed E-state index contributed by atoms with van der Waals surface area (Å²) in [6, 6.07) is 10.9. The van der Waals surface area contributed by atoms with Crippen molar-refractivity contribution in [3.8, 4) is 0 Å². The van der Waals surface area contributed by atoms with Crippen molar-refractivity contribution in [2.24, 2.45) is 0 Å². The standard InChI is InChI=1S/C14H12INO4S/c1-9-2-3-10(14(17)18)8-13(9)21(19,20)16-12-6-4-11(15)5-7-12/h2-8,16H,1H3,(H,17,18). The molecule has 0 saturated carbocycles. The Balaban J connectivity index is 2.41. The second-order valence-electron chi connectivity index (χ2n) is 4.40. The number of benzene rings is 2. The lowest BCUT2D eigenvalue weighted by molar-refractivity contribution is 0.0696. The molecule has 0 unspecified atom stereocenters. The summed E-state index contributed by atoms with van der Waals surface area (Å²) in [6.45, 7) is 1.62. The van der Waals surface area contributed by atoms with Gasteiger partial charge in [0.05, 0.1) is 10.5 Å². The van der Waals surface area contributed by atoms with Gasteiger partial charge in [0.2, 0.25) is 0 Å². The van der Waals surface area contributed by atoms with Crippen LogP contribution in [-0.2, 0) is 10.0 Å². The van der Waals surface area contributed by atoms with Crippen LogP contribution in [0.25, 0.3) is 0 Å². The summed E-state index contributed by atoms with van der Waals surface area (Å²) in [7, 11) is -3.83. The smallest absolute Gasteiger partial charge is 0.335 e. The van der Waals surface area contributed by atoms with Gasteiger partial charge >= 0.3 is 5.97 Å². The van der Waals surface area contributed by atoms with Crippen LogP contribution in [0.15, 0.2) is 47.4 Å². The summed E-state index contributed by atoms with van der Waals surface area (Å²) in [5.41, 5.74) is 0.845. The molecule has 0 bridgehead atoms. The number of sulfonamides is 1. The minimum atomic E-state index is -3.83. The highest BCUT2D eigenvalue weighted by Crippen LogP contribution is 2.21. The van der Waals surface area contributed by atoms with Gasteiger partial charge in [-0.2, -0.15) is 0 Å². The third-order valence-corrected chi connectivity index (χ3v) is 5.06. The van der Waals surface area contributed by atoms with E-state index in [0.717, 1.165) is 9.64 Å². The summed E-state index contributed by atoms with van der Waals surface area (Å²) >= 11 is 2.12. The van der Waals surface area contributed by atoms with E-state index in [9.17, 15) is 13.2 Å². The number of rotatable bonds is 4. The molecule has 0 amide bonds. The first-order valence-electron chi connectivity index (χ1n) is 5.92. The molecule has 0 radical (unpaired) electrons. The Kier molecular flexibility index (Phi) is 4.52. The van der Waals surface area contributed by atoms with Crippen LogP contribution in [0.1, 0.15) is 15.9 Å². The molecule has 0 aromatic heterocycles. The Morgan fingerprint density at radius 1 is 1.14 bits per heavy atom. The molecule has 0 atom stereocenters. The van der Waals surface area contributed by atoms with Gasteiger partial charge in [0, 0.05) is 9.26 Å². The molecule has 5 nitrogen and oxygen atoms in total. The van der Waals surface area contributed by atoms with E-state index in [1.807, 2.05) is 0 Å². The van der Waals surface area contributed by atoms with Crippen LogP contribution in [0.2, 0.25) is 0 Å². The van der Waals surface area contributed by atoms with Crippen molar-refractivity contribution in [2.45, 2.75) is 11.8 Å². The number of hydrogen-bond acceptors (Lipinski definition) is 3. The maximum absolute atomic E-state index is 12.4. The fourth-order valence-electron chi connectivity index (χ4n) is 1.75. The molecular formula is C14H12INO4S. The fourth-order valence-corrected chi connectivity index (χ4v) is 3.44. The van der Waals surface area contributed by atoms with Crippen molar-refractivity contribution in [3.63, 3.8) is 0 Å². The lowest BCUT2D eigenvalue weighted by Crippen LogP contribution is -2.15. The molecule has 0 saturated heterocycles. The number of halogens is 1. The summed E-state index contributed by atoms with van der Waals surface area (Å²) in [6.07, 6.45) is 0. The number of aromatic carboxylic acids is 1. The molecule has 0 aliphatic carbocycles. The fraction of sp³-hybridized carbons (Fsp3) is 0.0714. The molecule has 2 rings (SSSR count). The van der Waals surface area contributed by atoms with Crippen LogP contribution < -0.4 is 4.72 Å². The van der Waals surface area contributed by atoms with Crippen molar-refractivity contribution in [1.82, 2.24) is 0 Å². The molecule has 2 aromatic rings. The number of carbonyl (C=O) groups is 1. The SMILES string of the molecule is Cc1ccc(C(=O)O)cc1S(=O)(=O)Nc1ccc(I)cc1. The number of anilines is 1. The van der Waals surface area contributed by atoms with Gasteiger partial charge in [-0.1, -0.05) is 6.07 Å². The topological polar surface area (TPSA) is 83.5 Å². The van der Waals surface area contributed by atoms with Crippen LogP contribution in [0.5, 0.6) is 0 Å². The zero-order valence-electron chi connectivity index (χ0n) is 11.0. The number of carboxylic acids is 1. The molecule has 0 aliphatic heterocycles. The van der Waals surface area contributed by atoms with E-state index in [1.165, 1.54) is 12.1 Å². The maximum Gasteiger partial charge on any atom is 0.335 e. The second-order valence-corrected chi connectivity index (χ2v) is 7.29. The van der Waals surface area contributed by atoms with Crippen molar-refractivity contribution in [2.75, 3.05) is 4.72 Å². The highest BCUT2D eigenvalue weighted by molar-refractivity contribution is 14.1. The number of hydrogen-bond donors (Lipinski definition) is 2. The first-order valence-corrected chi connectivity index (χ1v) is 8.48. The average molecular weight is 417 g/mol. The first kappa shape index (κ1) is 15.8. The van der Waals surface area contributed by atoms with Gasteiger partial charge in [-0.3, -0.25) is 4.72 Å². The molecule has 0 fully saturated rings. The predicted molar refractivity (Wildman–Crippen MR) is 88.1 cm³/mol. The Morgan fingerprint density at radius 2 is 1.76 bits per heavy atom. The number of carboxylic acid groups (broad SMARTS) is 1. The van der Waals surface area contributed by atoms with Gasteiger partial charge < -0.3 is 5.11 Å². The van der Waals surface area contributed by atoms with E-state index in [1.54, 1.807) is 31.2 Å². The van der Waals surface area contributed by atoms with Gasteiger partial charge in [0.15, 0.2) is 0 Å². The van der Waals surface area contributed by atoms with Crippen LogP contribution in [0.4, 0.5) is 5.69 Å². The maximum atomic E-state index is 12.4. The van der Waals surface area contributed by atoms with Gasteiger partial charge in [-0.15, -0.1) is 0 Å². The van der Waals surface area contributed by atoms with E-state index in [0.29, 0.717) is 11.3 Å². The van der Waals surface area contributed by atoms with Crippen molar-refractivity contribution in [1.29, 1.82) is 0 Å². The Hall–Kier alpha value is -1.61.